The highest BCUT2D eigenvalue weighted by Crippen LogP contribution is 2.19. The first-order chi connectivity index (χ1) is 9.17. The Labute approximate surface area is 118 Å². The van der Waals surface area contributed by atoms with Gasteiger partial charge in [-0.15, -0.1) is 11.8 Å². The summed E-state index contributed by atoms with van der Waals surface area (Å²) in [7, 11) is 0. The summed E-state index contributed by atoms with van der Waals surface area (Å²) in [5, 5.41) is 0. The fraction of sp³-hybridized carbons (Fsp3) is 0.467. The molecule has 4 heteroatoms. The summed E-state index contributed by atoms with van der Waals surface area (Å²) >= 11 is 1.43. The molecule has 0 bridgehead atoms. The number of ketones is 1. The van der Waals surface area contributed by atoms with Gasteiger partial charge in [-0.1, -0.05) is 32.4 Å². The van der Waals surface area contributed by atoms with Gasteiger partial charge in [-0.2, -0.15) is 0 Å². The van der Waals surface area contributed by atoms with Crippen LogP contribution in [0.5, 0.6) is 0 Å². The Morgan fingerprint density at radius 2 is 1.84 bits per heavy atom. The highest BCUT2D eigenvalue weighted by molar-refractivity contribution is 8.00. The lowest BCUT2D eigenvalue weighted by atomic mass is 10.1. The van der Waals surface area contributed by atoms with Crippen molar-refractivity contribution in [3.05, 3.63) is 29.8 Å². The topological polar surface area (TPSA) is 43.4 Å². The van der Waals surface area contributed by atoms with Crippen LogP contribution in [-0.2, 0) is 9.53 Å². The molecule has 3 nitrogen and oxygen atoms in total. The molecular weight excluding hydrogens is 260 g/mol. The van der Waals surface area contributed by atoms with Gasteiger partial charge in [0.05, 0.1) is 12.4 Å². The van der Waals surface area contributed by atoms with E-state index in [0.717, 1.165) is 23.3 Å². The zero-order valence-corrected chi connectivity index (χ0v) is 12.3. The van der Waals surface area contributed by atoms with E-state index in [-0.39, 0.29) is 11.8 Å². The minimum Gasteiger partial charge on any atom is -0.465 e. The molecule has 1 aromatic rings. The van der Waals surface area contributed by atoms with Gasteiger partial charge in [0.25, 0.3) is 0 Å². The average Bonchev–Trinajstić information content (AvgIpc) is 2.45. The minimum absolute atomic E-state index is 0.135. The molecule has 0 heterocycles. The molecule has 0 aliphatic carbocycles. The number of carbonyl (C=O) groups excluding carboxylic acids is 2. The van der Waals surface area contributed by atoms with E-state index in [1.807, 2.05) is 19.1 Å². The van der Waals surface area contributed by atoms with E-state index in [2.05, 4.69) is 6.92 Å². The lowest BCUT2D eigenvalue weighted by molar-refractivity contribution is -0.140. The van der Waals surface area contributed by atoms with Crippen molar-refractivity contribution in [1.29, 1.82) is 0 Å². The molecule has 0 atom stereocenters. The number of rotatable bonds is 8. The van der Waals surface area contributed by atoms with Crippen LogP contribution in [0.15, 0.2) is 29.2 Å². The van der Waals surface area contributed by atoms with Gasteiger partial charge in [0, 0.05) is 16.9 Å². The van der Waals surface area contributed by atoms with Gasteiger partial charge in [-0.05, 0) is 18.6 Å². The van der Waals surface area contributed by atoms with Crippen LogP contribution in [-0.4, -0.2) is 24.1 Å². The second-order valence-electron chi connectivity index (χ2n) is 4.16. The quantitative estimate of drug-likeness (QED) is 0.315. The number of thioether (sulfide) groups is 1. The number of esters is 1. The lowest BCUT2D eigenvalue weighted by Gasteiger charge is -2.04. The summed E-state index contributed by atoms with van der Waals surface area (Å²) in [6.45, 7) is 4.40. The fourth-order valence-electron chi connectivity index (χ4n) is 1.46. The Balaban J connectivity index is 2.37. The summed E-state index contributed by atoms with van der Waals surface area (Å²) in [5.74, 6) is 0.257. The normalized spacial score (nSPS) is 10.2. The monoisotopic (exact) mass is 280 g/mol. The maximum Gasteiger partial charge on any atom is 0.316 e. The van der Waals surface area contributed by atoms with Gasteiger partial charge >= 0.3 is 5.97 Å². The molecule has 0 saturated heterocycles. The van der Waals surface area contributed by atoms with Crippen molar-refractivity contribution < 1.29 is 14.3 Å². The number of hydrogen-bond acceptors (Lipinski definition) is 4. The van der Waals surface area contributed by atoms with Crippen molar-refractivity contribution in [1.82, 2.24) is 0 Å². The van der Waals surface area contributed by atoms with Crippen LogP contribution >= 0.6 is 11.8 Å². The van der Waals surface area contributed by atoms with Crippen LogP contribution in [0.3, 0.4) is 0 Å². The van der Waals surface area contributed by atoms with Crippen molar-refractivity contribution in [3.63, 3.8) is 0 Å². The Morgan fingerprint density at radius 1 is 1.16 bits per heavy atom. The molecule has 0 fully saturated rings. The van der Waals surface area contributed by atoms with Crippen LogP contribution in [0.2, 0.25) is 0 Å². The van der Waals surface area contributed by atoms with Crippen molar-refractivity contribution >= 4 is 23.5 Å². The van der Waals surface area contributed by atoms with E-state index < -0.39 is 0 Å². The molecule has 104 valence electrons. The predicted octanol–water partition coefficient (Wildman–Crippen LogP) is 3.71. The third kappa shape index (κ3) is 5.92. The Kier molecular flexibility index (Phi) is 7.26. The zero-order chi connectivity index (χ0) is 14.1. The average molecular weight is 280 g/mol. The summed E-state index contributed by atoms with van der Waals surface area (Å²) in [5.41, 5.74) is 0.720. The number of carbonyl (C=O) groups is 2. The van der Waals surface area contributed by atoms with Crippen LogP contribution in [0.25, 0.3) is 0 Å². The Bertz CT molecular complexity index is 412. The molecule has 0 spiro atoms. The maximum atomic E-state index is 11.5. The summed E-state index contributed by atoms with van der Waals surface area (Å²) < 4.78 is 5.07. The maximum absolute atomic E-state index is 11.5. The Hall–Kier alpha value is -1.29. The van der Waals surface area contributed by atoms with Gasteiger partial charge < -0.3 is 4.74 Å². The molecule has 0 aromatic heterocycles. The molecule has 0 unspecified atom stereocenters. The standard InChI is InChI=1S/C15H20O3S/c1-3-5-10-18-15(17)11-19-13-8-6-12(7-9-13)14(16)4-2/h6-9H,3-5,10-11H2,1-2H3. The molecule has 1 aromatic carbocycles. The van der Waals surface area contributed by atoms with E-state index in [1.165, 1.54) is 11.8 Å². The van der Waals surface area contributed by atoms with Crippen LogP contribution in [0.4, 0.5) is 0 Å². The summed E-state index contributed by atoms with van der Waals surface area (Å²) in [4.78, 5) is 23.8. The first-order valence-corrected chi connectivity index (χ1v) is 7.57. The van der Waals surface area contributed by atoms with E-state index >= 15 is 0 Å². The molecule has 0 N–H and O–H groups in total. The van der Waals surface area contributed by atoms with Gasteiger partial charge in [0.1, 0.15) is 0 Å². The summed E-state index contributed by atoms with van der Waals surface area (Å²) in [6.07, 6.45) is 2.44. The lowest BCUT2D eigenvalue weighted by Crippen LogP contribution is -2.08. The van der Waals surface area contributed by atoms with Crippen molar-refractivity contribution in [3.8, 4) is 0 Å². The second kappa shape index (κ2) is 8.75. The molecule has 19 heavy (non-hydrogen) atoms. The molecule has 1 rings (SSSR count). The van der Waals surface area contributed by atoms with Gasteiger partial charge in [0.2, 0.25) is 0 Å². The van der Waals surface area contributed by atoms with Crippen LogP contribution in [0, 0.1) is 0 Å². The number of benzene rings is 1. The van der Waals surface area contributed by atoms with Crippen LogP contribution in [0.1, 0.15) is 43.5 Å². The largest absolute Gasteiger partial charge is 0.465 e. The SMILES string of the molecule is CCCCOC(=O)CSc1ccc(C(=O)CC)cc1. The third-order valence-corrected chi connectivity index (χ3v) is 3.60. The first kappa shape index (κ1) is 15.8. The van der Waals surface area contributed by atoms with Crippen molar-refractivity contribution in [2.24, 2.45) is 0 Å². The highest BCUT2D eigenvalue weighted by atomic mass is 32.2. The molecule has 0 radical (unpaired) electrons. The van der Waals surface area contributed by atoms with Gasteiger partial charge in [-0.25, -0.2) is 0 Å². The number of ether oxygens (including phenoxy) is 1. The molecule has 0 aliphatic heterocycles. The van der Waals surface area contributed by atoms with E-state index in [1.54, 1.807) is 12.1 Å². The van der Waals surface area contributed by atoms with E-state index in [9.17, 15) is 9.59 Å². The zero-order valence-electron chi connectivity index (χ0n) is 11.5. The van der Waals surface area contributed by atoms with Gasteiger partial charge in [0.15, 0.2) is 5.78 Å². The molecule has 0 amide bonds. The van der Waals surface area contributed by atoms with E-state index in [4.69, 9.17) is 4.74 Å². The number of unbranched alkanes of at least 4 members (excludes halogenated alkanes) is 1. The molecule has 0 aliphatic rings. The second-order valence-corrected chi connectivity index (χ2v) is 5.21. The van der Waals surface area contributed by atoms with Crippen molar-refractivity contribution in [2.45, 2.75) is 38.0 Å². The fourth-order valence-corrected chi connectivity index (χ4v) is 2.15. The van der Waals surface area contributed by atoms with E-state index in [0.29, 0.717) is 18.8 Å². The number of Topliss-reactive ketones (excluding diaryl/α,β-unsaturated/α-hetero) is 1. The highest BCUT2D eigenvalue weighted by Gasteiger charge is 2.06. The number of hydrogen-bond donors (Lipinski definition) is 0. The van der Waals surface area contributed by atoms with Crippen LogP contribution < -0.4 is 0 Å². The Morgan fingerprint density at radius 3 is 2.42 bits per heavy atom. The summed E-state index contributed by atoms with van der Waals surface area (Å²) in [6, 6.07) is 7.34. The molecular formula is C15H20O3S. The minimum atomic E-state index is -0.188. The third-order valence-electron chi connectivity index (χ3n) is 2.62. The molecule has 0 saturated carbocycles. The van der Waals surface area contributed by atoms with Crippen molar-refractivity contribution in [2.75, 3.05) is 12.4 Å². The van der Waals surface area contributed by atoms with Gasteiger partial charge in [-0.3, -0.25) is 9.59 Å². The smallest absolute Gasteiger partial charge is 0.316 e. The first-order valence-electron chi connectivity index (χ1n) is 6.59. The predicted molar refractivity (Wildman–Crippen MR) is 77.7 cm³/mol.